The van der Waals surface area contributed by atoms with E-state index in [2.05, 4.69) is 55.0 Å². The van der Waals surface area contributed by atoms with Crippen molar-refractivity contribution >= 4 is 20.0 Å². The molecule has 2 aromatic carbocycles. The fourth-order valence-corrected chi connectivity index (χ4v) is 11.2. The number of esters is 1. The molecule has 232 valence electrons. The van der Waals surface area contributed by atoms with Crippen molar-refractivity contribution in [3.8, 4) is 5.75 Å². The first-order valence-corrected chi connectivity index (χ1v) is 16.9. The van der Waals surface area contributed by atoms with Gasteiger partial charge in [0.2, 0.25) is 0 Å². The number of rotatable bonds is 18. The highest BCUT2D eigenvalue weighted by molar-refractivity contribution is 6.77. The number of nitrogens with zero attached hydrogens (tertiary/aromatic N) is 1. The lowest BCUT2D eigenvalue weighted by molar-refractivity contribution is -0.384. The fourth-order valence-electron chi connectivity index (χ4n) is 5.65. The number of carbonyl (C=O) groups excluding carboxylic acids is 1. The molecule has 0 amide bonds. The van der Waals surface area contributed by atoms with Gasteiger partial charge in [-0.15, -0.1) is 0 Å². The Morgan fingerprint density at radius 2 is 1.50 bits per heavy atom. The molecule has 2 rings (SSSR count). The normalized spacial score (nSPS) is 13.3. The number of benzene rings is 2. The summed E-state index contributed by atoms with van der Waals surface area (Å²) in [6, 6.07) is 13.1. The topological polar surface area (TPSA) is 97.1 Å². The summed E-state index contributed by atoms with van der Waals surface area (Å²) in [7, 11) is -0.399. The highest BCUT2D eigenvalue weighted by Gasteiger charge is 2.45. The van der Waals surface area contributed by atoms with Crippen LogP contribution >= 0.6 is 0 Å². The maximum absolute atomic E-state index is 13.0. The molecule has 0 radical (unpaired) electrons. The molecule has 0 saturated carbocycles. The van der Waals surface area contributed by atoms with Gasteiger partial charge in [0.15, 0.2) is 8.32 Å². The summed E-state index contributed by atoms with van der Waals surface area (Å²) < 4.78 is 23.8. The van der Waals surface area contributed by atoms with E-state index in [9.17, 15) is 14.9 Å². The van der Waals surface area contributed by atoms with E-state index < -0.39 is 25.3 Å². The first kappa shape index (κ1) is 35.2. The maximum atomic E-state index is 13.0. The number of hydrogen-bond acceptors (Lipinski definition) is 7. The number of ether oxygens (including phenoxy) is 3. The minimum atomic E-state index is -2.03. The Hall–Kier alpha value is -3.01. The number of nitro groups is 1. The molecule has 0 bridgehead atoms. The second-order valence-electron chi connectivity index (χ2n) is 11.9. The third kappa shape index (κ3) is 9.78. The zero-order valence-electron chi connectivity index (χ0n) is 26.6. The SMILES string of the molecule is C=C(C[C@@H](CCOCc1ccc(OC)cc1)OC(=O)c1ccc([N+](=O)[O-])cc1)[C@@H](C)CO[Si](C(C)C)(C(C)C)C(C)C. The Balaban J connectivity index is 2.08. The van der Waals surface area contributed by atoms with Gasteiger partial charge in [0.1, 0.15) is 11.9 Å². The number of carbonyl (C=O) groups is 1. The zero-order chi connectivity index (χ0) is 31.4. The molecule has 2 aromatic rings. The molecule has 0 aliphatic heterocycles. The van der Waals surface area contributed by atoms with Crippen molar-refractivity contribution in [1.82, 2.24) is 0 Å². The molecular formula is C33H49NO7Si. The molecule has 8 nitrogen and oxygen atoms in total. The Kier molecular flexibility index (Phi) is 13.9. The van der Waals surface area contributed by atoms with E-state index >= 15 is 0 Å². The van der Waals surface area contributed by atoms with Crippen LogP contribution in [0.25, 0.3) is 0 Å². The van der Waals surface area contributed by atoms with Crippen molar-refractivity contribution in [3.63, 3.8) is 0 Å². The highest BCUT2D eigenvalue weighted by Crippen LogP contribution is 2.42. The van der Waals surface area contributed by atoms with Crippen molar-refractivity contribution < 1.29 is 28.4 Å². The van der Waals surface area contributed by atoms with E-state index in [0.29, 0.717) is 49.3 Å². The highest BCUT2D eigenvalue weighted by atomic mass is 28.4. The summed E-state index contributed by atoms with van der Waals surface area (Å²) in [4.78, 5) is 23.5. The summed E-state index contributed by atoms with van der Waals surface area (Å²) in [5.74, 6) is 0.324. The van der Waals surface area contributed by atoms with Crippen molar-refractivity contribution in [2.24, 2.45) is 5.92 Å². The average Bonchev–Trinajstić information content (AvgIpc) is 2.95. The van der Waals surface area contributed by atoms with Crippen LogP contribution in [0.15, 0.2) is 60.7 Å². The minimum absolute atomic E-state index is 0.0777. The summed E-state index contributed by atoms with van der Waals surface area (Å²) in [5.41, 5.74) is 3.59. The minimum Gasteiger partial charge on any atom is -0.497 e. The van der Waals surface area contributed by atoms with Gasteiger partial charge in [-0.1, -0.05) is 72.8 Å². The van der Waals surface area contributed by atoms with Crippen LogP contribution < -0.4 is 4.74 Å². The van der Waals surface area contributed by atoms with E-state index in [-0.39, 0.29) is 17.2 Å². The molecular weight excluding hydrogens is 550 g/mol. The second-order valence-corrected chi connectivity index (χ2v) is 17.4. The van der Waals surface area contributed by atoms with E-state index in [1.54, 1.807) is 7.11 Å². The third-order valence-corrected chi connectivity index (χ3v) is 14.2. The van der Waals surface area contributed by atoms with E-state index in [0.717, 1.165) is 16.9 Å². The lowest BCUT2D eigenvalue weighted by Gasteiger charge is -2.43. The Morgan fingerprint density at radius 3 is 2.00 bits per heavy atom. The molecule has 0 fully saturated rings. The number of hydrogen-bond donors (Lipinski definition) is 0. The molecule has 0 aliphatic rings. The molecule has 2 atom stereocenters. The predicted molar refractivity (Wildman–Crippen MR) is 169 cm³/mol. The molecule has 9 heteroatoms. The van der Waals surface area contributed by atoms with Gasteiger partial charge in [0.05, 0.1) is 30.8 Å². The predicted octanol–water partition coefficient (Wildman–Crippen LogP) is 8.51. The lowest BCUT2D eigenvalue weighted by atomic mass is 9.96. The average molecular weight is 600 g/mol. The lowest BCUT2D eigenvalue weighted by Crippen LogP contribution is -2.48. The summed E-state index contributed by atoms with van der Waals surface area (Å²) in [5, 5.41) is 11.0. The Labute approximate surface area is 252 Å². The van der Waals surface area contributed by atoms with Gasteiger partial charge in [0, 0.05) is 31.6 Å². The molecule has 0 unspecified atom stereocenters. The molecule has 0 heterocycles. The fraction of sp³-hybridized carbons (Fsp3) is 0.545. The van der Waals surface area contributed by atoms with Crippen molar-refractivity contribution in [2.75, 3.05) is 20.3 Å². The van der Waals surface area contributed by atoms with Gasteiger partial charge in [-0.25, -0.2) is 4.79 Å². The van der Waals surface area contributed by atoms with Gasteiger partial charge in [0.25, 0.3) is 5.69 Å². The van der Waals surface area contributed by atoms with Gasteiger partial charge in [-0.05, 0) is 52.4 Å². The molecule has 0 spiro atoms. The van der Waals surface area contributed by atoms with Crippen molar-refractivity contribution in [1.29, 1.82) is 0 Å². The van der Waals surface area contributed by atoms with Crippen LogP contribution in [0.2, 0.25) is 16.6 Å². The smallest absolute Gasteiger partial charge is 0.338 e. The Bertz CT molecular complexity index is 1120. The van der Waals surface area contributed by atoms with Crippen LogP contribution in [0.5, 0.6) is 5.75 Å². The van der Waals surface area contributed by atoms with E-state index in [4.69, 9.17) is 18.6 Å². The molecule has 0 aromatic heterocycles. The van der Waals surface area contributed by atoms with Crippen LogP contribution in [-0.4, -0.2) is 45.6 Å². The van der Waals surface area contributed by atoms with Gasteiger partial charge in [-0.3, -0.25) is 10.1 Å². The van der Waals surface area contributed by atoms with Crippen molar-refractivity contribution in [2.45, 2.75) is 90.6 Å². The second kappa shape index (κ2) is 16.6. The number of methoxy groups -OCH3 is 1. The molecule has 0 N–H and O–H groups in total. The van der Waals surface area contributed by atoms with Crippen LogP contribution in [0.3, 0.4) is 0 Å². The zero-order valence-corrected chi connectivity index (χ0v) is 27.6. The summed E-state index contributed by atoms with van der Waals surface area (Å²) in [6.07, 6.45) is 0.472. The van der Waals surface area contributed by atoms with Gasteiger partial charge in [-0.2, -0.15) is 0 Å². The first-order chi connectivity index (χ1) is 19.8. The van der Waals surface area contributed by atoms with Crippen LogP contribution in [-0.2, 0) is 20.5 Å². The quantitative estimate of drug-likeness (QED) is 0.0423. The van der Waals surface area contributed by atoms with Crippen LogP contribution in [0.1, 0.15) is 77.2 Å². The first-order valence-electron chi connectivity index (χ1n) is 14.8. The maximum Gasteiger partial charge on any atom is 0.338 e. The third-order valence-electron chi connectivity index (χ3n) is 8.08. The van der Waals surface area contributed by atoms with E-state index in [1.165, 1.54) is 24.3 Å². The van der Waals surface area contributed by atoms with Crippen LogP contribution in [0, 0.1) is 16.0 Å². The number of nitro benzene ring substituents is 1. The molecule has 0 saturated heterocycles. The largest absolute Gasteiger partial charge is 0.497 e. The standard InChI is InChI=1S/C33H49NO7Si/c1-23(2)42(24(3)4,25(5)6)40-21-27(8)26(7)20-32(18-19-39-22-28-10-16-31(38-9)17-11-28)41-33(35)29-12-14-30(15-13-29)34(36)37/h10-17,23-25,27,32H,7,18-22H2,1-6,8-9H3/t27-,32+/m0/s1. The van der Waals surface area contributed by atoms with Gasteiger partial charge < -0.3 is 18.6 Å². The molecule has 0 aliphatic carbocycles. The number of non-ortho nitro benzene ring substituents is 1. The summed E-state index contributed by atoms with van der Waals surface area (Å²) in [6.45, 7) is 21.5. The monoisotopic (exact) mass is 599 g/mol. The Morgan fingerprint density at radius 1 is 0.929 bits per heavy atom. The van der Waals surface area contributed by atoms with Crippen LogP contribution in [0.4, 0.5) is 5.69 Å². The summed E-state index contributed by atoms with van der Waals surface area (Å²) >= 11 is 0. The molecule has 42 heavy (non-hydrogen) atoms. The van der Waals surface area contributed by atoms with Gasteiger partial charge >= 0.3 is 5.97 Å². The van der Waals surface area contributed by atoms with E-state index in [1.807, 2.05) is 24.3 Å². The van der Waals surface area contributed by atoms with Crippen molar-refractivity contribution in [3.05, 3.63) is 81.9 Å².